The van der Waals surface area contributed by atoms with Crippen molar-refractivity contribution < 1.29 is 14.4 Å². The summed E-state index contributed by atoms with van der Waals surface area (Å²) in [6.07, 6.45) is 2.52. The van der Waals surface area contributed by atoms with Gasteiger partial charge in [0.25, 0.3) is 5.69 Å². The van der Waals surface area contributed by atoms with Gasteiger partial charge in [0.15, 0.2) is 0 Å². The normalized spacial score (nSPS) is 14.2. The Morgan fingerprint density at radius 3 is 2.76 bits per heavy atom. The van der Waals surface area contributed by atoms with Crippen LogP contribution in [0.15, 0.2) is 18.2 Å². The van der Waals surface area contributed by atoms with Crippen LogP contribution in [-0.4, -0.2) is 30.8 Å². The third-order valence-electron chi connectivity index (χ3n) is 3.10. The van der Waals surface area contributed by atoms with Crippen LogP contribution >= 0.6 is 0 Å². The summed E-state index contributed by atoms with van der Waals surface area (Å²) in [5, 5.41) is 14.1. The molecule has 116 valence electrons. The molecule has 1 aromatic rings. The van der Waals surface area contributed by atoms with Gasteiger partial charge in [0.2, 0.25) is 0 Å². The molecule has 0 bridgehead atoms. The first kappa shape index (κ1) is 15.6. The topological polar surface area (TPSA) is 73.6 Å². The number of nitrogens with one attached hydrogen (secondary N) is 1. The Morgan fingerprint density at radius 2 is 2.14 bits per heavy atom. The standard InChI is InChI=1S/C15H22N2O4/c1-11(2)21-15-8-13(7-14(9-15)17(18)19)16-5-6-20-10-12-3-4-12/h7-9,11-12,16H,3-6,10H2,1-2H3. The van der Waals surface area contributed by atoms with E-state index >= 15 is 0 Å². The van der Waals surface area contributed by atoms with Crippen molar-refractivity contribution in [2.45, 2.75) is 32.8 Å². The van der Waals surface area contributed by atoms with Crippen molar-refractivity contribution in [3.05, 3.63) is 28.3 Å². The van der Waals surface area contributed by atoms with Gasteiger partial charge in [0.1, 0.15) is 5.75 Å². The predicted octanol–water partition coefficient (Wildman–Crippen LogP) is 3.22. The molecule has 0 aromatic heterocycles. The van der Waals surface area contributed by atoms with Crippen molar-refractivity contribution in [1.29, 1.82) is 0 Å². The molecule has 1 aromatic carbocycles. The van der Waals surface area contributed by atoms with Crippen LogP contribution in [0.1, 0.15) is 26.7 Å². The molecule has 6 nitrogen and oxygen atoms in total. The highest BCUT2D eigenvalue weighted by Crippen LogP contribution is 2.29. The Kier molecular flexibility index (Phi) is 5.38. The van der Waals surface area contributed by atoms with Crippen LogP contribution < -0.4 is 10.1 Å². The molecular formula is C15H22N2O4. The Bertz CT molecular complexity index is 487. The van der Waals surface area contributed by atoms with Gasteiger partial charge in [0.05, 0.1) is 23.7 Å². The van der Waals surface area contributed by atoms with Crippen LogP contribution in [0, 0.1) is 16.0 Å². The van der Waals surface area contributed by atoms with Gasteiger partial charge in [-0.2, -0.15) is 0 Å². The summed E-state index contributed by atoms with van der Waals surface area (Å²) in [4.78, 5) is 10.5. The van der Waals surface area contributed by atoms with Crippen molar-refractivity contribution in [2.75, 3.05) is 25.1 Å². The highest BCUT2D eigenvalue weighted by molar-refractivity contribution is 5.56. The highest BCUT2D eigenvalue weighted by Gasteiger charge is 2.20. The Morgan fingerprint density at radius 1 is 1.38 bits per heavy atom. The minimum atomic E-state index is -0.415. The van der Waals surface area contributed by atoms with Gasteiger partial charge in [-0.1, -0.05) is 0 Å². The summed E-state index contributed by atoms with van der Waals surface area (Å²) in [5.74, 6) is 1.24. The maximum Gasteiger partial charge on any atom is 0.275 e. The van der Waals surface area contributed by atoms with Gasteiger partial charge < -0.3 is 14.8 Å². The molecule has 0 saturated heterocycles. The fraction of sp³-hybridized carbons (Fsp3) is 0.600. The summed E-state index contributed by atoms with van der Waals surface area (Å²) in [6.45, 7) is 5.81. The summed E-state index contributed by atoms with van der Waals surface area (Å²) in [6, 6.07) is 4.72. The largest absolute Gasteiger partial charge is 0.491 e. The first-order valence-corrected chi connectivity index (χ1v) is 7.32. The predicted molar refractivity (Wildman–Crippen MR) is 80.9 cm³/mol. The molecule has 0 radical (unpaired) electrons. The van der Waals surface area contributed by atoms with Crippen LogP contribution in [0.4, 0.5) is 11.4 Å². The average molecular weight is 294 g/mol. The molecule has 0 amide bonds. The summed E-state index contributed by atoms with van der Waals surface area (Å²) >= 11 is 0. The Labute approximate surface area is 124 Å². The van der Waals surface area contributed by atoms with Crippen molar-refractivity contribution in [3.8, 4) is 5.75 Å². The minimum absolute atomic E-state index is 0.0227. The lowest BCUT2D eigenvalue weighted by molar-refractivity contribution is -0.384. The number of hydrogen-bond donors (Lipinski definition) is 1. The van der Waals surface area contributed by atoms with E-state index in [1.54, 1.807) is 6.07 Å². The van der Waals surface area contributed by atoms with E-state index in [0.29, 0.717) is 24.6 Å². The second-order valence-electron chi connectivity index (χ2n) is 5.58. The fourth-order valence-corrected chi connectivity index (χ4v) is 1.93. The molecule has 2 rings (SSSR count). The zero-order valence-corrected chi connectivity index (χ0v) is 12.5. The van der Waals surface area contributed by atoms with Crippen molar-refractivity contribution in [2.24, 2.45) is 5.92 Å². The second-order valence-corrected chi connectivity index (χ2v) is 5.58. The molecule has 6 heteroatoms. The molecule has 0 spiro atoms. The van der Waals surface area contributed by atoms with E-state index in [9.17, 15) is 10.1 Å². The number of non-ortho nitro benzene ring substituents is 1. The molecule has 0 heterocycles. The quantitative estimate of drug-likeness (QED) is 0.430. The lowest BCUT2D eigenvalue weighted by atomic mass is 10.2. The van der Waals surface area contributed by atoms with Gasteiger partial charge in [-0.05, 0) is 32.6 Å². The van der Waals surface area contributed by atoms with Crippen LogP contribution in [0.25, 0.3) is 0 Å². The van der Waals surface area contributed by atoms with E-state index in [1.165, 1.54) is 25.0 Å². The monoisotopic (exact) mass is 294 g/mol. The Balaban J connectivity index is 1.89. The summed E-state index contributed by atoms with van der Waals surface area (Å²) in [5.41, 5.74) is 0.699. The Hall–Kier alpha value is -1.82. The van der Waals surface area contributed by atoms with Gasteiger partial charge in [-0.25, -0.2) is 0 Å². The van der Waals surface area contributed by atoms with Gasteiger partial charge >= 0.3 is 0 Å². The molecule has 1 saturated carbocycles. The van der Waals surface area contributed by atoms with Crippen molar-refractivity contribution in [3.63, 3.8) is 0 Å². The maximum atomic E-state index is 10.9. The number of nitrogens with zero attached hydrogens (tertiary/aromatic N) is 1. The zero-order chi connectivity index (χ0) is 15.2. The molecular weight excluding hydrogens is 272 g/mol. The van der Waals surface area contributed by atoms with Crippen LogP contribution in [0.5, 0.6) is 5.75 Å². The third-order valence-corrected chi connectivity index (χ3v) is 3.10. The number of rotatable bonds is 9. The van der Waals surface area contributed by atoms with E-state index in [1.807, 2.05) is 13.8 Å². The van der Waals surface area contributed by atoms with Crippen LogP contribution in [0.2, 0.25) is 0 Å². The number of hydrogen-bond acceptors (Lipinski definition) is 5. The van der Waals surface area contributed by atoms with Crippen molar-refractivity contribution >= 4 is 11.4 Å². The number of anilines is 1. The minimum Gasteiger partial charge on any atom is -0.491 e. The zero-order valence-electron chi connectivity index (χ0n) is 12.5. The number of nitro groups is 1. The SMILES string of the molecule is CC(C)Oc1cc(NCCOCC2CC2)cc([N+](=O)[O-])c1. The third kappa shape index (κ3) is 5.59. The van der Waals surface area contributed by atoms with Gasteiger partial charge in [0, 0.05) is 31.0 Å². The van der Waals surface area contributed by atoms with Gasteiger partial charge in [-0.3, -0.25) is 10.1 Å². The molecule has 1 fully saturated rings. The summed E-state index contributed by atoms with van der Waals surface area (Å²) in [7, 11) is 0. The average Bonchev–Trinajstić information content (AvgIpc) is 3.21. The van der Waals surface area contributed by atoms with E-state index in [0.717, 1.165) is 12.5 Å². The van der Waals surface area contributed by atoms with E-state index in [2.05, 4.69) is 5.32 Å². The van der Waals surface area contributed by atoms with Crippen molar-refractivity contribution in [1.82, 2.24) is 0 Å². The number of nitro benzene ring substituents is 1. The maximum absolute atomic E-state index is 10.9. The lowest BCUT2D eigenvalue weighted by Crippen LogP contribution is -2.11. The molecule has 1 N–H and O–H groups in total. The van der Waals surface area contributed by atoms with E-state index < -0.39 is 4.92 Å². The van der Waals surface area contributed by atoms with E-state index in [-0.39, 0.29) is 11.8 Å². The van der Waals surface area contributed by atoms with Gasteiger partial charge in [-0.15, -0.1) is 0 Å². The lowest BCUT2D eigenvalue weighted by Gasteiger charge is -2.12. The molecule has 0 aliphatic heterocycles. The van der Waals surface area contributed by atoms with E-state index in [4.69, 9.17) is 9.47 Å². The van der Waals surface area contributed by atoms with Crippen LogP contribution in [0.3, 0.4) is 0 Å². The number of ether oxygens (including phenoxy) is 2. The molecule has 0 unspecified atom stereocenters. The molecule has 1 aliphatic rings. The fourth-order valence-electron chi connectivity index (χ4n) is 1.93. The first-order valence-electron chi connectivity index (χ1n) is 7.32. The number of benzene rings is 1. The second kappa shape index (κ2) is 7.26. The molecule has 21 heavy (non-hydrogen) atoms. The highest BCUT2D eigenvalue weighted by atomic mass is 16.6. The molecule has 0 atom stereocenters. The summed E-state index contributed by atoms with van der Waals surface area (Å²) < 4.78 is 11.1. The first-order chi connectivity index (χ1) is 10.0. The van der Waals surface area contributed by atoms with Crippen LogP contribution in [-0.2, 0) is 4.74 Å². The smallest absolute Gasteiger partial charge is 0.275 e. The molecule has 1 aliphatic carbocycles.